The Balaban J connectivity index is 3.70. The molecule has 0 amide bonds. The number of carboxylic acid groups (broad SMARTS) is 1. The van der Waals surface area contributed by atoms with Crippen LogP contribution in [0.5, 0.6) is 0 Å². The molecule has 0 spiro atoms. The molecule has 138 valence electrons. The van der Waals surface area contributed by atoms with Gasteiger partial charge in [-0.25, -0.2) is 0 Å². The molecule has 0 aromatic rings. The maximum absolute atomic E-state index is 10.4. The zero-order valence-corrected chi connectivity index (χ0v) is 15.4. The fraction of sp³-hybridized carbons (Fsp3) is 0.944. The Labute approximate surface area is 143 Å². The molecule has 0 atom stereocenters. The van der Waals surface area contributed by atoms with Crippen LogP contribution in [0.4, 0.5) is 0 Å². The van der Waals surface area contributed by atoms with Gasteiger partial charge in [-0.15, -0.1) is 0 Å². The van der Waals surface area contributed by atoms with Gasteiger partial charge < -0.3 is 20.6 Å². The predicted octanol–water partition coefficient (Wildman–Crippen LogP) is 2.71. The van der Waals surface area contributed by atoms with Crippen LogP contribution in [0, 0.1) is 0 Å². The third kappa shape index (κ3) is 17.5. The van der Waals surface area contributed by atoms with Crippen LogP contribution in [0.1, 0.15) is 65.2 Å². The summed E-state index contributed by atoms with van der Waals surface area (Å²) in [5, 5.41) is 14.8. The number of rotatable bonds is 18. The maximum Gasteiger partial charge on any atom is 0.317 e. The van der Waals surface area contributed by atoms with Crippen molar-refractivity contribution >= 4 is 5.97 Å². The van der Waals surface area contributed by atoms with Crippen molar-refractivity contribution in [3.63, 3.8) is 0 Å². The second kappa shape index (κ2) is 17.7. The number of carbonyl (C=O) groups is 1. The van der Waals surface area contributed by atoms with Crippen LogP contribution in [0.25, 0.3) is 0 Å². The smallest absolute Gasteiger partial charge is 0.317 e. The summed E-state index contributed by atoms with van der Waals surface area (Å²) < 4.78 is 0. The Bertz CT molecular complexity index is 251. The molecule has 0 fully saturated rings. The van der Waals surface area contributed by atoms with Crippen LogP contribution in [0.15, 0.2) is 0 Å². The zero-order chi connectivity index (χ0) is 17.2. The molecule has 0 bridgehead atoms. The van der Waals surface area contributed by atoms with Crippen LogP contribution in [-0.4, -0.2) is 61.8 Å². The van der Waals surface area contributed by atoms with Crippen LogP contribution in [0.3, 0.4) is 0 Å². The largest absolute Gasteiger partial charge is 0.480 e. The molecule has 0 aromatic carbocycles. The lowest BCUT2D eigenvalue weighted by Crippen LogP contribution is -2.37. The molecule has 0 saturated heterocycles. The van der Waals surface area contributed by atoms with Gasteiger partial charge in [-0.05, 0) is 25.9 Å². The molecule has 0 aliphatic carbocycles. The van der Waals surface area contributed by atoms with E-state index in [-0.39, 0.29) is 6.54 Å². The molecule has 0 heterocycles. The standard InChI is InChI=1S/C18H39N3O2/c1-3-5-7-9-14-21(15-10-8-6-4-2)16-13-19-11-12-20-17-18(22)23/h19-20H,3-17H2,1-2H3,(H,22,23). The molecule has 0 rings (SSSR count). The zero-order valence-electron chi connectivity index (χ0n) is 15.4. The number of carboxylic acids is 1. The van der Waals surface area contributed by atoms with Crippen molar-refractivity contribution in [2.75, 3.05) is 45.8 Å². The van der Waals surface area contributed by atoms with Gasteiger partial charge in [0.05, 0.1) is 6.54 Å². The Hall–Kier alpha value is -0.650. The van der Waals surface area contributed by atoms with Crippen molar-refractivity contribution in [3.05, 3.63) is 0 Å². The highest BCUT2D eigenvalue weighted by Crippen LogP contribution is 2.05. The number of nitrogens with one attached hydrogen (secondary N) is 2. The molecule has 0 aromatic heterocycles. The molecular formula is C18H39N3O2. The van der Waals surface area contributed by atoms with Gasteiger partial charge in [0.1, 0.15) is 0 Å². The van der Waals surface area contributed by atoms with E-state index < -0.39 is 5.97 Å². The fourth-order valence-electron chi connectivity index (χ4n) is 2.59. The van der Waals surface area contributed by atoms with Crippen LogP contribution < -0.4 is 10.6 Å². The third-order valence-electron chi connectivity index (χ3n) is 4.02. The van der Waals surface area contributed by atoms with Crippen LogP contribution in [0.2, 0.25) is 0 Å². The van der Waals surface area contributed by atoms with Gasteiger partial charge >= 0.3 is 5.97 Å². The number of hydrogen-bond donors (Lipinski definition) is 3. The van der Waals surface area contributed by atoms with Crippen LogP contribution >= 0.6 is 0 Å². The van der Waals surface area contributed by atoms with Gasteiger partial charge in [0.25, 0.3) is 0 Å². The predicted molar refractivity (Wildman–Crippen MR) is 98.1 cm³/mol. The molecular weight excluding hydrogens is 290 g/mol. The Morgan fingerprint density at radius 3 is 1.87 bits per heavy atom. The summed E-state index contributed by atoms with van der Waals surface area (Å²) in [4.78, 5) is 13.0. The molecule has 0 unspecified atom stereocenters. The fourth-order valence-corrected chi connectivity index (χ4v) is 2.59. The quantitative estimate of drug-likeness (QED) is 0.337. The van der Waals surface area contributed by atoms with E-state index in [9.17, 15) is 4.79 Å². The summed E-state index contributed by atoms with van der Waals surface area (Å²) in [6, 6.07) is 0. The van der Waals surface area contributed by atoms with E-state index in [0.717, 1.165) is 19.6 Å². The Kier molecular flexibility index (Phi) is 17.2. The average Bonchev–Trinajstić information content (AvgIpc) is 2.53. The lowest BCUT2D eigenvalue weighted by Gasteiger charge is -2.22. The minimum Gasteiger partial charge on any atom is -0.480 e. The highest BCUT2D eigenvalue weighted by molar-refractivity contribution is 5.68. The summed E-state index contributed by atoms with van der Waals surface area (Å²) in [7, 11) is 0. The summed E-state index contributed by atoms with van der Waals surface area (Å²) in [6.45, 7) is 10.6. The molecule has 5 nitrogen and oxygen atoms in total. The van der Waals surface area contributed by atoms with E-state index in [0.29, 0.717) is 6.54 Å². The lowest BCUT2D eigenvalue weighted by atomic mass is 10.1. The van der Waals surface area contributed by atoms with E-state index in [1.54, 1.807) is 0 Å². The first kappa shape index (κ1) is 22.4. The first-order valence-corrected chi connectivity index (χ1v) is 9.56. The van der Waals surface area contributed by atoms with Gasteiger partial charge in [-0.3, -0.25) is 4.79 Å². The molecule has 0 aliphatic rings. The molecule has 0 aliphatic heterocycles. The maximum atomic E-state index is 10.4. The Morgan fingerprint density at radius 2 is 1.35 bits per heavy atom. The molecule has 3 N–H and O–H groups in total. The average molecular weight is 330 g/mol. The minimum absolute atomic E-state index is 0.0443. The Morgan fingerprint density at radius 1 is 0.783 bits per heavy atom. The number of hydrogen-bond acceptors (Lipinski definition) is 4. The molecule has 0 radical (unpaired) electrons. The molecule has 23 heavy (non-hydrogen) atoms. The van der Waals surface area contributed by atoms with Crippen molar-refractivity contribution in [1.29, 1.82) is 0 Å². The third-order valence-corrected chi connectivity index (χ3v) is 4.02. The number of nitrogens with zero attached hydrogens (tertiary/aromatic N) is 1. The van der Waals surface area contributed by atoms with Crippen molar-refractivity contribution in [2.45, 2.75) is 65.2 Å². The molecule has 5 heteroatoms. The topological polar surface area (TPSA) is 64.6 Å². The minimum atomic E-state index is -0.796. The summed E-state index contributed by atoms with van der Waals surface area (Å²) in [5.41, 5.74) is 0. The van der Waals surface area contributed by atoms with E-state index >= 15 is 0 Å². The summed E-state index contributed by atoms with van der Waals surface area (Å²) in [5.74, 6) is -0.796. The van der Waals surface area contributed by atoms with Crippen molar-refractivity contribution in [3.8, 4) is 0 Å². The monoisotopic (exact) mass is 329 g/mol. The first-order chi connectivity index (χ1) is 11.2. The van der Waals surface area contributed by atoms with Crippen LogP contribution in [-0.2, 0) is 4.79 Å². The van der Waals surface area contributed by atoms with Gasteiger partial charge in [0.2, 0.25) is 0 Å². The van der Waals surface area contributed by atoms with Crippen molar-refractivity contribution in [2.24, 2.45) is 0 Å². The SMILES string of the molecule is CCCCCCN(CCCCCC)CCNCCNCC(=O)O. The summed E-state index contributed by atoms with van der Waals surface area (Å²) in [6.07, 6.45) is 10.6. The van der Waals surface area contributed by atoms with Gasteiger partial charge in [-0.1, -0.05) is 52.4 Å². The van der Waals surface area contributed by atoms with Gasteiger partial charge in [0.15, 0.2) is 0 Å². The van der Waals surface area contributed by atoms with E-state index in [1.165, 1.54) is 64.5 Å². The van der Waals surface area contributed by atoms with Gasteiger partial charge in [0, 0.05) is 26.2 Å². The highest BCUT2D eigenvalue weighted by atomic mass is 16.4. The van der Waals surface area contributed by atoms with Crippen molar-refractivity contribution in [1.82, 2.24) is 15.5 Å². The first-order valence-electron chi connectivity index (χ1n) is 9.56. The normalized spacial score (nSPS) is 11.3. The second-order valence-electron chi connectivity index (χ2n) is 6.28. The van der Waals surface area contributed by atoms with E-state index in [4.69, 9.17) is 5.11 Å². The summed E-state index contributed by atoms with van der Waals surface area (Å²) >= 11 is 0. The van der Waals surface area contributed by atoms with E-state index in [2.05, 4.69) is 29.4 Å². The van der Waals surface area contributed by atoms with Crippen molar-refractivity contribution < 1.29 is 9.90 Å². The van der Waals surface area contributed by atoms with Gasteiger partial charge in [-0.2, -0.15) is 0 Å². The molecule has 0 saturated carbocycles. The lowest BCUT2D eigenvalue weighted by molar-refractivity contribution is -0.135. The second-order valence-corrected chi connectivity index (χ2v) is 6.28. The number of unbranched alkanes of at least 4 members (excludes halogenated alkanes) is 6. The van der Waals surface area contributed by atoms with E-state index in [1.807, 2.05) is 0 Å². The number of aliphatic carboxylic acids is 1. The highest BCUT2D eigenvalue weighted by Gasteiger charge is 2.04.